The third-order valence-corrected chi connectivity index (χ3v) is 3.34. The van der Waals surface area contributed by atoms with Crippen molar-refractivity contribution in [3.8, 4) is 0 Å². The molecule has 1 rings (SSSR count). The van der Waals surface area contributed by atoms with Crippen LogP contribution in [0, 0.1) is 0 Å². The summed E-state index contributed by atoms with van der Waals surface area (Å²) in [6.45, 7) is 1.59. The molecule has 0 spiro atoms. The fourth-order valence-corrected chi connectivity index (χ4v) is 1.85. The summed E-state index contributed by atoms with van der Waals surface area (Å²) >= 11 is 0. The Kier molecular flexibility index (Phi) is 3.49. The topological polar surface area (TPSA) is 80.4 Å². The molecule has 3 N–H and O–H groups in total. The summed E-state index contributed by atoms with van der Waals surface area (Å²) in [4.78, 5) is 0.254. The first-order chi connectivity index (χ1) is 6.82. The van der Waals surface area contributed by atoms with Crippen LogP contribution >= 0.6 is 0 Å². The normalized spacial score (nSPS) is 16.0. The predicted octanol–water partition coefficient (Wildman–Crippen LogP) is 0.471. The number of sulfone groups is 1. The highest BCUT2D eigenvalue weighted by atomic mass is 32.2. The summed E-state index contributed by atoms with van der Waals surface area (Å²) in [5.41, 5.74) is 6.42. The van der Waals surface area contributed by atoms with E-state index in [0.717, 1.165) is 11.8 Å². The summed E-state index contributed by atoms with van der Waals surface area (Å²) in [5, 5.41) is 9.26. The van der Waals surface area contributed by atoms with E-state index in [1.165, 1.54) is 12.1 Å². The molecule has 0 aliphatic rings. The molecule has 1 aromatic carbocycles. The Hall–Kier alpha value is -0.910. The van der Waals surface area contributed by atoms with Crippen molar-refractivity contribution >= 4 is 9.84 Å². The molecule has 0 unspecified atom stereocenters. The van der Waals surface area contributed by atoms with Crippen molar-refractivity contribution in [3.63, 3.8) is 0 Å². The molecule has 0 saturated carbocycles. The molecule has 0 fully saturated rings. The molecule has 15 heavy (non-hydrogen) atoms. The van der Waals surface area contributed by atoms with Crippen LogP contribution in [0.25, 0.3) is 0 Å². The van der Waals surface area contributed by atoms with E-state index < -0.39 is 22.0 Å². The first-order valence-corrected chi connectivity index (χ1v) is 6.45. The van der Waals surface area contributed by atoms with Gasteiger partial charge in [-0.3, -0.25) is 0 Å². The van der Waals surface area contributed by atoms with Crippen molar-refractivity contribution in [2.75, 3.05) is 6.26 Å². The second kappa shape index (κ2) is 4.30. The van der Waals surface area contributed by atoms with Gasteiger partial charge >= 0.3 is 0 Å². The Labute approximate surface area is 89.7 Å². The van der Waals surface area contributed by atoms with E-state index in [1.807, 2.05) is 0 Å². The Balaban J connectivity index is 3.01. The van der Waals surface area contributed by atoms with Gasteiger partial charge in [0.15, 0.2) is 9.84 Å². The lowest BCUT2D eigenvalue weighted by Gasteiger charge is -2.15. The maximum Gasteiger partial charge on any atom is 0.175 e. The number of hydrogen-bond acceptors (Lipinski definition) is 4. The average molecular weight is 229 g/mol. The molecule has 2 atom stereocenters. The molecule has 1 aromatic rings. The van der Waals surface area contributed by atoms with Crippen molar-refractivity contribution in [2.45, 2.75) is 24.0 Å². The van der Waals surface area contributed by atoms with Crippen LogP contribution in [0.1, 0.15) is 18.5 Å². The van der Waals surface area contributed by atoms with Gasteiger partial charge in [-0.1, -0.05) is 12.1 Å². The summed E-state index contributed by atoms with van der Waals surface area (Å²) < 4.78 is 22.3. The Bertz CT molecular complexity index is 422. The third kappa shape index (κ3) is 3.02. The van der Waals surface area contributed by atoms with Crippen LogP contribution in [-0.2, 0) is 9.84 Å². The van der Waals surface area contributed by atoms with Crippen LogP contribution < -0.4 is 5.73 Å². The van der Waals surface area contributed by atoms with E-state index >= 15 is 0 Å². The lowest BCUT2D eigenvalue weighted by Crippen LogP contribution is -2.23. The van der Waals surface area contributed by atoms with Crippen LogP contribution in [0.15, 0.2) is 29.2 Å². The molecule has 0 bridgehead atoms. The van der Waals surface area contributed by atoms with E-state index in [0.29, 0.717) is 0 Å². The van der Waals surface area contributed by atoms with Gasteiger partial charge < -0.3 is 10.8 Å². The minimum absolute atomic E-state index is 0.254. The van der Waals surface area contributed by atoms with Gasteiger partial charge in [-0.05, 0) is 24.6 Å². The van der Waals surface area contributed by atoms with E-state index in [9.17, 15) is 13.5 Å². The molecular weight excluding hydrogens is 214 g/mol. The van der Waals surface area contributed by atoms with Crippen LogP contribution in [0.3, 0.4) is 0 Å². The minimum atomic E-state index is -3.17. The highest BCUT2D eigenvalue weighted by Crippen LogP contribution is 2.17. The summed E-state index contributed by atoms with van der Waals surface area (Å²) in [7, 11) is -3.17. The zero-order valence-electron chi connectivity index (χ0n) is 8.71. The minimum Gasteiger partial charge on any atom is -0.391 e. The Morgan fingerprint density at radius 1 is 1.27 bits per heavy atom. The summed E-state index contributed by atoms with van der Waals surface area (Å²) in [6.07, 6.45) is 0.491. The van der Waals surface area contributed by atoms with Gasteiger partial charge in [0.1, 0.15) is 0 Å². The molecule has 0 aliphatic heterocycles. The van der Waals surface area contributed by atoms with Crippen molar-refractivity contribution < 1.29 is 13.5 Å². The average Bonchev–Trinajstić information content (AvgIpc) is 2.15. The van der Waals surface area contributed by atoms with Gasteiger partial charge in [0.25, 0.3) is 0 Å². The van der Waals surface area contributed by atoms with Gasteiger partial charge in [-0.25, -0.2) is 8.42 Å². The van der Waals surface area contributed by atoms with E-state index in [-0.39, 0.29) is 4.90 Å². The third-order valence-electron chi connectivity index (χ3n) is 2.21. The first kappa shape index (κ1) is 12.2. The molecule has 0 amide bonds. The molecule has 0 aliphatic carbocycles. The molecule has 0 saturated heterocycles. The van der Waals surface area contributed by atoms with Gasteiger partial charge in [0.2, 0.25) is 0 Å². The number of rotatable bonds is 3. The molecule has 5 heteroatoms. The molecular formula is C10H15NO3S. The predicted molar refractivity (Wildman–Crippen MR) is 58.2 cm³/mol. The smallest absolute Gasteiger partial charge is 0.175 e. The van der Waals surface area contributed by atoms with Crippen molar-refractivity contribution in [2.24, 2.45) is 5.73 Å². The van der Waals surface area contributed by atoms with E-state index in [2.05, 4.69) is 0 Å². The zero-order chi connectivity index (χ0) is 11.6. The fourth-order valence-electron chi connectivity index (χ4n) is 1.22. The second-order valence-electron chi connectivity index (χ2n) is 3.61. The lowest BCUT2D eigenvalue weighted by atomic mass is 10.0. The van der Waals surface area contributed by atoms with Crippen molar-refractivity contribution in [3.05, 3.63) is 29.8 Å². The van der Waals surface area contributed by atoms with Gasteiger partial charge in [0, 0.05) is 6.26 Å². The number of benzene rings is 1. The monoisotopic (exact) mass is 229 g/mol. The number of aliphatic hydroxyl groups excluding tert-OH is 1. The number of hydrogen-bond donors (Lipinski definition) is 2. The standard InChI is InChI=1S/C10H15NO3S/c1-7(12)10(11)8-3-5-9(6-4-8)15(2,13)14/h3-7,10,12H,11H2,1-2H3/t7-,10-/m0/s1. The summed E-state index contributed by atoms with van der Waals surface area (Å²) in [6, 6.07) is 5.74. The SMILES string of the molecule is C[C@H](O)[C@H](N)c1ccc(S(C)(=O)=O)cc1. The Morgan fingerprint density at radius 3 is 2.07 bits per heavy atom. The van der Waals surface area contributed by atoms with Gasteiger partial charge in [-0.2, -0.15) is 0 Å². The highest BCUT2D eigenvalue weighted by molar-refractivity contribution is 7.90. The summed E-state index contributed by atoms with van der Waals surface area (Å²) in [5.74, 6) is 0. The molecule has 0 aromatic heterocycles. The highest BCUT2D eigenvalue weighted by Gasteiger charge is 2.13. The second-order valence-corrected chi connectivity index (χ2v) is 5.62. The molecule has 0 radical (unpaired) electrons. The Morgan fingerprint density at radius 2 is 1.73 bits per heavy atom. The largest absolute Gasteiger partial charge is 0.391 e. The van der Waals surface area contributed by atoms with Crippen LogP contribution in [0.4, 0.5) is 0 Å². The molecule has 4 nitrogen and oxygen atoms in total. The maximum atomic E-state index is 11.2. The van der Waals surface area contributed by atoms with Crippen LogP contribution in [0.2, 0.25) is 0 Å². The fraction of sp³-hybridized carbons (Fsp3) is 0.400. The lowest BCUT2D eigenvalue weighted by molar-refractivity contribution is 0.164. The molecule has 0 heterocycles. The van der Waals surface area contributed by atoms with Crippen LogP contribution in [-0.4, -0.2) is 25.9 Å². The van der Waals surface area contributed by atoms with Gasteiger partial charge in [-0.15, -0.1) is 0 Å². The van der Waals surface area contributed by atoms with Crippen LogP contribution in [0.5, 0.6) is 0 Å². The zero-order valence-corrected chi connectivity index (χ0v) is 9.53. The van der Waals surface area contributed by atoms with E-state index in [4.69, 9.17) is 5.73 Å². The van der Waals surface area contributed by atoms with Crippen molar-refractivity contribution in [1.29, 1.82) is 0 Å². The quantitative estimate of drug-likeness (QED) is 0.789. The molecule has 84 valence electrons. The number of nitrogens with two attached hydrogens (primary N) is 1. The van der Waals surface area contributed by atoms with Crippen molar-refractivity contribution in [1.82, 2.24) is 0 Å². The number of aliphatic hydroxyl groups is 1. The first-order valence-electron chi connectivity index (χ1n) is 4.56. The van der Waals surface area contributed by atoms with E-state index in [1.54, 1.807) is 19.1 Å². The maximum absolute atomic E-state index is 11.2. The van der Waals surface area contributed by atoms with Gasteiger partial charge in [0.05, 0.1) is 17.0 Å².